The van der Waals surface area contributed by atoms with E-state index in [1.807, 2.05) is 12.1 Å². The fourth-order valence-corrected chi connectivity index (χ4v) is 2.75. The van der Waals surface area contributed by atoms with Crippen LogP contribution in [0.3, 0.4) is 0 Å². The molecule has 0 amide bonds. The number of aromatic hydroxyl groups is 1. The molecule has 0 aromatic heterocycles. The number of hydrogen-bond donors (Lipinski definition) is 1. The molecule has 0 fully saturated rings. The number of rotatable bonds is 5. The molecule has 1 rings (SSSR count). The molecule has 0 aliphatic rings. The molecule has 0 unspecified atom stereocenters. The topological polar surface area (TPSA) is 26.7 Å². The Morgan fingerprint density at radius 1 is 1.06 bits per heavy atom. The predicted molar refractivity (Wildman–Crippen MR) is 78.4 cm³/mol. The van der Waals surface area contributed by atoms with Gasteiger partial charge in [0.05, 0.1) is 8.95 Å². The summed E-state index contributed by atoms with van der Waals surface area (Å²) in [5.41, 5.74) is 1.17. The molecule has 0 atom stereocenters. The lowest BCUT2D eigenvalue weighted by Crippen LogP contribution is -2.28. The van der Waals surface area contributed by atoms with Crippen LogP contribution in [0.4, 0.5) is 0 Å². The largest absolute Gasteiger partial charge is 0.506 e. The average Bonchev–Trinajstić information content (AvgIpc) is 2.23. The Balaban J connectivity index is 2.62. The van der Waals surface area contributed by atoms with Gasteiger partial charge in [-0.1, -0.05) is 0 Å². The molecule has 0 saturated heterocycles. The van der Waals surface area contributed by atoms with Gasteiger partial charge in [-0.05, 0) is 70.7 Å². The van der Waals surface area contributed by atoms with Gasteiger partial charge in [-0.15, -0.1) is 0 Å². The summed E-state index contributed by atoms with van der Waals surface area (Å²) in [6, 6.07) is 3.90. The van der Waals surface area contributed by atoms with E-state index in [4.69, 9.17) is 0 Å². The van der Waals surface area contributed by atoms with Crippen LogP contribution >= 0.6 is 31.9 Å². The van der Waals surface area contributed by atoms with Crippen LogP contribution in [0.15, 0.2) is 21.1 Å². The van der Waals surface area contributed by atoms with Crippen molar-refractivity contribution in [2.24, 2.45) is 0 Å². The first-order chi connectivity index (χ1) is 7.90. The van der Waals surface area contributed by atoms with Crippen LogP contribution in [0.25, 0.3) is 0 Å². The minimum Gasteiger partial charge on any atom is -0.506 e. The Labute approximate surface area is 120 Å². The highest BCUT2D eigenvalue weighted by molar-refractivity contribution is 9.11. The molecule has 17 heavy (non-hydrogen) atoms. The van der Waals surface area contributed by atoms with Crippen molar-refractivity contribution in [1.82, 2.24) is 9.80 Å². The van der Waals surface area contributed by atoms with Crippen molar-refractivity contribution >= 4 is 31.9 Å². The van der Waals surface area contributed by atoms with E-state index in [9.17, 15) is 5.11 Å². The van der Waals surface area contributed by atoms with Gasteiger partial charge in [-0.25, -0.2) is 0 Å². The maximum absolute atomic E-state index is 9.63. The third-order valence-electron chi connectivity index (χ3n) is 2.46. The lowest BCUT2D eigenvalue weighted by atomic mass is 10.2. The second-order valence-corrected chi connectivity index (χ2v) is 6.16. The van der Waals surface area contributed by atoms with Crippen LogP contribution in [-0.2, 0) is 6.54 Å². The molecule has 96 valence electrons. The number of benzene rings is 1. The van der Waals surface area contributed by atoms with Gasteiger partial charge in [-0.2, -0.15) is 0 Å². The Hall–Kier alpha value is -0.100. The zero-order chi connectivity index (χ0) is 13.0. The van der Waals surface area contributed by atoms with Gasteiger partial charge >= 0.3 is 0 Å². The highest BCUT2D eigenvalue weighted by Crippen LogP contribution is 2.33. The summed E-state index contributed by atoms with van der Waals surface area (Å²) in [6.45, 7) is 2.92. The Bertz CT molecular complexity index is 360. The minimum absolute atomic E-state index is 0.254. The van der Waals surface area contributed by atoms with Crippen molar-refractivity contribution in [2.45, 2.75) is 6.54 Å². The van der Waals surface area contributed by atoms with Crippen molar-refractivity contribution in [3.8, 4) is 5.75 Å². The van der Waals surface area contributed by atoms with E-state index in [0.717, 1.165) is 28.6 Å². The van der Waals surface area contributed by atoms with Crippen molar-refractivity contribution in [1.29, 1.82) is 0 Å². The second-order valence-electron chi connectivity index (χ2n) is 4.45. The molecule has 0 radical (unpaired) electrons. The van der Waals surface area contributed by atoms with E-state index in [-0.39, 0.29) is 5.75 Å². The summed E-state index contributed by atoms with van der Waals surface area (Å²) in [6.07, 6.45) is 0. The molecular weight excluding hydrogens is 348 g/mol. The number of halogens is 2. The molecule has 0 spiro atoms. The number of likely N-dealkylation sites (N-methyl/N-ethyl adjacent to an activating group) is 2. The van der Waals surface area contributed by atoms with E-state index in [1.54, 1.807) is 0 Å². The van der Waals surface area contributed by atoms with Gasteiger partial charge in [0.15, 0.2) is 0 Å². The molecule has 1 N–H and O–H groups in total. The highest BCUT2D eigenvalue weighted by Gasteiger charge is 2.07. The molecule has 1 aromatic carbocycles. The van der Waals surface area contributed by atoms with E-state index in [2.05, 4.69) is 62.8 Å². The fraction of sp³-hybridized carbons (Fsp3) is 0.500. The summed E-state index contributed by atoms with van der Waals surface area (Å²) in [4.78, 5) is 4.42. The average molecular weight is 366 g/mol. The van der Waals surface area contributed by atoms with E-state index < -0.39 is 0 Å². The number of phenolic OH excluding ortho intramolecular Hbond substituents is 1. The third kappa shape index (κ3) is 4.95. The van der Waals surface area contributed by atoms with Crippen molar-refractivity contribution in [3.63, 3.8) is 0 Å². The van der Waals surface area contributed by atoms with E-state index in [1.165, 1.54) is 5.56 Å². The molecule has 0 heterocycles. The van der Waals surface area contributed by atoms with Crippen LogP contribution in [0.1, 0.15) is 5.56 Å². The molecule has 0 aliphatic heterocycles. The van der Waals surface area contributed by atoms with Gasteiger partial charge < -0.3 is 14.9 Å². The van der Waals surface area contributed by atoms with Gasteiger partial charge in [0.1, 0.15) is 5.75 Å². The van der Waals surface area contributed by atoms with Gasteiger partial charge in [-0.3, -0.25) is 0 Å². The standard InChI is InChI=1S/C12H18Br2N2O/c1-15(2)4-5-16(3)8-9-6-10(13)12(17)11(14)7-9/h6-7,17H,4-5,8H2,1-3H3. The van der Waals surface area contributed by atoms with Crippen LogP contribution in [0.2, 0.25) is 0 Å². The first-order valence-corrected chi connectivity index (χ1v) is 6.99. The maximum atomic E-state index is 9.63. The summed E-state index contributed by atoms with van der Waals surface area (Å²) in [5, 5.41) is 9.63. The smallest absolute Gasteiger partial charge is 0.143 e. The molecular formula is C12H18Br2N2O. The summed E-state index contributed by atoms with van der Waals surface area (Å²) >= 11 is 6.68. The van der Waals surface area contributed by atoms with Crippen LogP contribution in [-0.4, -0.2) is 49.1 Å². The summed E-state index contributed by atoms with van der Waals surface area (Å²) in [5.74, 6) is 0.254. The van der Waals surface area contributed by atoms with Crippen molar-refractivity contribution in [3.05, 3.63) is 26.6 Å². The zero-order valence-electron chi connectivity index (χ0n) is 10.4. The monoisotopic (exact) mass is 364 g/mol. The maximum Gasteiger partial charge on any atom is 0.143 e. The molecule has 0 aliphatic carbocycles. The predicted octanol–water partition coefficient (Wildman–Crippen LogP) is 2.91. The normalized spacial score (nSPS) is 11.5. The molecule has 5 heteroatoms. The van der Waals surface area contributed by atoms with Crippen molar-refractivity contribution < 1.29 is 5.11 Å². The van der Waals surface area contributed by atoms with Crippen LogP contribution in [0, 0.1) is 0 Å². The first-order valence-electron chi connectivity index (χ1n) is 5.40. The minimum atomic E-state index is 0.254. The zero-order valence-corrected chi connectivity index (χ0v) is 13.5. The number of phenols is 1. The third-order valence-corrected chi connectivity index (χ3v) is 3.67. The highest BCUT2D eigenvalue weighted by atomic mass is 79.9. The SMILES string of the molecule is CN(C)CCN(C)Cc1cc(Br)c(O)c(Br)c1. The second kappa shape index (κ2) is 6.73. The van der Waals surface area contributed by atoms with Crippen LogP contribution in [0.5, 0.6) is 5.75 Å². The molecule has 3 nitrogen and oxygen atoms in total. The Morgan fingerprint density at radius 2 is 1.59 bits per heavy atom. The number of nitrogens with zero attached hydrogens (tertiary/aromatic N) is 2. The lowest BCUT2D eigenvalue weighted by Gasteiger charge is -2.19. The first kappa shape index (κ1) is 15.0. The fourth-order valence-electron chi connectivity index (χ4n) is 1.47. The van der Waals surface area contributed by atoms with Crippen molar-refractivity contribution in [2.75, 3.05) is 34.2 Å². The molecule has 1 aromatic rings. The summed E-state index contributed by atoms with van der Waals surface area (Å²) < 4.78 is 1.45. The van der Waals surface area contributed by atoms with Gasteiger partial charge in [0, 0.05) is 19.6 Å². The van der Waals surface area contributed by atoms with E-state index >= 15 is 0 Å². The van der Waals surface area contributed by atoms with Crippen LogP contribution < -0.4 is 0 Å². The number of hydrogen-bond acceptors (Lipinski definition) is 3. The van der Waals surface area contributed by atoms with Gasteiger partial charge in [0.2, 0.25) is 0 Å². The van der Waals surface area contributed by atoms with E-state index in [0.29, 0.717) is 0 Å². The molecule has 0 saturated carbocycles. The molecule has 0 bridgehead atoms. The summed E-state index contributed by atoms with van der Waals surface area (Å²) in [7, 11) is 6.24. The quantitative estimate of drug-likeness (QED) is 0.869. The lowest BCUT2D eigenvalue weighted by molar-refractivity contribution is 0.276. The Morgan fingerprint density at radius 3 is 2.06 bits per heavy atom. The van der Waals surface area contributed by atoms with Gasteiger partial charge in [0.25, 0.3) is 0 Å². The Kier molecular flexibility index (Phi) is 5.92.